The molecule has 0 saturated carbocycles. The van der Waals surface area contributed by atoms with E-state index in [2.05, 4.69) is 0 Å². The van der Waals surface area contributed by atoms with Crippen LogP contribution in [0.5, 0.6) is 0 Å². The quantitative estimate of drug-likeness (QED) is 0.528. The minimum atomic E-state index is -1.06. The third-order valence-corrected chi connectivity index (χ3v) is 1.13. The first kappa shape index (κ1) is 9.39. The lowest BCUT2D eigenvalue weighted by atomic mass is 10.2. The van der Waals surface area contributed by atoms with Crippen LogP contribution in [0.1, 0.15) is 6.42 Å². The zero-order chi connectivity index (χ0) is 8.15. The van der Waals surface area contributed by atoms with Crippen LogP contribution < -0.4 is 0 Å². The number of rotatable bonds is 3. The molecule has 0 radical (unpaired) electrons. The van der Waals surface area contributed by atoms with Crippen LogP contribution in [0.25, 0.3) is 0 Å². The van der Waals surface area contributed by atoms with Crippen LogP contribution in [-0.2, 0) is 4.79 Å². The lowest BCUT2D eigenvalue weighted by Crippen LogP contribution is -2.33. The van der Waals surface area contributed by atoms with E-state index in [0.29, 0.717) is 0 Å². The fraction of sp³-hybridized carbons (Fsp3) is 0.833. The van der Waals surface area contributed by atoms with Gasteiger partial charge in [-0.25, -0.2) is 0 Å². The standard InChI is InChI=1S/C6H13NO3/c1-7(2)6(10)5(9)3-4-8/h5,8-9H,3-4H2,1-2H3. The SMILES string of the molecule is CN(C)C(=O)C(O)CCO. The van der Waals surface area contributed by atoms with Crippen LogP contribution in [0.4, 0.5) is 0 Å². The smallest absolute Gasteiger partial charge is 0.250 e. The first-order valence-corrected chi connectivity index (χ1v) is 3.09. The highest BCUT2D eigenvalue weighted by molar-refractivity contribution is 5.79. The molecule has 4 nitrogen and oxygen atoms in total. The van der Waals surface area contributed by atoms with Crippen LogP contribution in [-0.4, -0.2) is 47.8 Å². The van der Waals surface area contributed by atoms with Crippen molar-refractivity contribution in [2.45, 2.75) is 12.5 Å². The normalized spacial score (nSPS) is 12.8. The molecule has 0 aliphatic heterocycles. The van der Waals surface area contributed by atoms with E-state index in [9.17, 15) is 4.79 Å². The maximum Gasteiger partial charge on any atom is 0.250 e. The molecule has 0 aliphatic carbocycles. The van der Waals surface area contributed by atoms with E-state index in [1.807, 2.05) is 0 Å². The second kappa shape index (κ2) is 4.24. The first-order chi connectivity index (χ1) is 4.59. The average molecular weight is 147 g/mol. The van der Waals surface area contributed by atoms with Gasteiger partial charge >= 0.3 is 0 Å². The molecule has 0 heterocycles. The van der Waals surface area contributed by atoms with Gasteiger partial charge in [0.15, 0.2) is 0 Å². The van der Waals surface area contributed by atoms with Gasteiger partial charge in [-0.1, -0.05) is 0 Å². The summed E-state index contributed by atoms with van der Waals surface area (Å²) < 4.78 is 0. The van der Waals surface area contributed by atoms with Gasteiger partial charge in [-0.05, 0) is 0 Å². The van der Waals surface area contributed by atoms with Crippen molar-refractivity contribution in [1.29, 1.82) is 0 Å². The molecule has 1 amide bonds. The third-order valence-electron chi connectivity index (χ3n) is 1.13. The molecular weight excluding hydrogens is 134 g/mol. The van der Waals surface area contributed by atoms with Crippen LogP contribution in [0.15, 0.2) is 0 Å². The Hall–Kier alpha value is -0.610. The van der Waals surface area contributed by atoms with E-state index in [-0.39, 0.29) is 18.9 Å². The number of nitrogens with zero attached hydrogens (tertiary/aromatic N) is 1. The molecule has 0 spiro atoms. The Bertz CT molecular complexity index is 114. The summed E-state index contributed by atoms with van der Waals surface area (Å²) in [6, 6.07) is 0. The van der Waals surface area contributed by atoms with Crippen molar-refractivity contribution in [3.8, 4) is 0 Å². The number of carbonyl (C=O) groups excluding carboxylic acids is 1. The van der Waals surface area contributed by atoms with Gasteiger partial charge < -0.3 is 15.1 Å². The summed E-state index contributed by atoms with van der Waals surface area (Å²) in [6.45, 7) is -0.166. The zero-order valence-electron chi connectivity index (χ0n) is 6.24. The topological polar surface area (TPSA) is 60.8 Å². The summed E-state index contributed by atoms with van der Waals surface area (Å²) in [5, 5.41) is 17.3. The number of aliphatic hydroxyl groups excluding tert-OH is 2. The molecule has 1 unspecified atom stereocenters. The molecule has 4 heteroatoms. The molecule has 1 atom stereocenters. The second-order valence-corrected chi connectivity index (χ2v) is 2.26. The van der Waals surface area contributed by atoms with Crippen molar-refractivity contribution in [1.82, 2.24) is 4.90 Å². The van der Waals surface area contributed by atoms with Gasteiger partial charge in [0, 0.05) is 27.1 Å². The molecule has 0 saturated heterocycles. The summed E-state index contributed by atoms with van der Waals surface area (Å²) in [4.78, 5) is 12.1. The Balaban J connectivity index is 3.71. The Labute approximate surface area is 60.1 Å². The van der Waals surface area contributed by atoms with E-state index < -0.39 is 6.10 Å². The van der Waals surface area contributed by atoms with Crippen molar-refractivity contribution in [2.75, 3.05) is 20.7 Å². The summed E-state index contributed by atoms with van der Waals surface area (Å²) >= 11 is 0. The largest absolute Gasteiger partial charge is 0.396 e. The van der Waals surface area contributed by atoms with E-state index in [4.69, 9.17) is 10.2 Å². The Morgan fingerprint density at radius 1 is 1.60 bits per heavy atom. The highest BCUT2D eigenvalue weighted by Crippen LogP contribution is 1.93. The summed E-state index contributed by atoms with van der Waals surface area (Å²) in [6.07, 6.45) is -0.947. The van der Waals surface area contributed by atoms with Gasteiger partial charge in [-0.3, -0.25) is 4.79 Å². The lowest BCUT2D eigenvalue weighted by Gasteiger charge is -2.14. The maximum atomic E-state index is 10.8. The molecule has 60 valence electrons. The molecule has 0 aromatic rings. The molecule has 0 bridgehead atoms. The fourth-order valence-corrected chi connectivity index (χ4v) is 0.544. The minimum Gasteiger partial charge on any atom is -0.396 e. The number of carbonyl (C=O) groups is 1. The molecule has 0 aromatic heterocycles. The van der Waals surface area contributed by atoms with E-state index in [1.54, 1.807) is 14.1 Å². The number of likely N-dealkylation sites (N-methyl/N-ethyl adjacent to an activating group) is 1. The average Bonchev–Trinajstić information content (AvgIpc) is 1.87. The van der Waals surface area contributed by atoms with Gasteiger partial charge in [-0.15, -0.1) is 0 Å². The minimum absolute atomic E-state index is 0.108. The Morgan fingerprint density at radius 2 is 2.10 bits per heavy atom. The van der Waals surface area contributed by atoms with Gasteiger partial charge in [-0.2, -0.15) is 0 Å². The van der Waals surface area contributed by atoms with Gasteiger partial charge in [0.05, 0.1) is 0 Å². The monoisotopic (exact) mass is 147 g/mol. The van der Waals surface area contributed by atoms with E-state index in [1.165, 1.54) is 4.90 Å². The van der Waals surface area contributed by atoms with Gasteiger partial charge in [0.1, 0.15) is 6.10 Å². The molecule has 10 heavy (non-hydrogen) atoms. The number of amides is 1. The third kappa shape index (κ3) is 2.80. The molecule has 0 aromatic carbocycles. The van der Waals surface area contributed by atoms with Gasteiger partial charge in [0.25, 0.3) is 5.91 Å². The highest BCUT2D eigenvalue weighted by Gasteiger charge is 2.15. The van der Waals surface area contributed by atoms with Crippen LogP contribution >= 0.6 is 0 Å². The maximum absolute atomic E-state index is 10.8. The van der Waals surface area contributed by atoms with Crippen LogP contribution in [0.2, 0.25) is 0 Å². The van der Waals surface area contributed by atoms with Crippen molar-refractivity contribution in [3.05, 3.63) is 0 Å². The predicted molar refractivity (Wildman–Crippen MR) is 36.4 cm³/mol. The van der Waals surface area contributed by atoms with E-state index in [0.717, 1.165) is 0 Å². The summed E-state index contributed by atoms with van der Waals surface area (Å²) in [5.41, 5.74) is 0. The highest BCUT2D eigenvalue weighted by atomic mass is 16.3. The summed E-state index contributed by atoms with van der Waals surface area (Å²) in [7, 11) is 3.12. The van der Waals surface area contributed by atoms with Gasteiger partial charge in [0.2, 0.25) is 0 Å². The Morgan fingerprint density at radius 3 is 2.40 bits per heavy atom. The van der Waals surface area contributed by atoms with Crippen molar-refractivity contribution in [3.63, 3.8) is 0 Å². The molecule has 2 N–H and O–H groups in total. The lowest BCUT2D eigenvalue weighted by molar-refractivity contribution is -0.138. The number of aliphatic hydroxyl groups is 2. The molecule has 0 rings (SSSR count). The zero-order valence-corrected chi connectivity index (χ0v) is 6.24. The first-order valence-electron chi connectivity index (χ1n) is 3.09. The van der Waals surface area contributed by atoms with Crippen molar-refractivity contribution >= 4 is 5.91 Å². The predicted octanol–water partition coefficient (Wildman–Crippen LogP) is -1.18. The fourth-order valence-electron chi connectivity index (χ4n) is 0.544. The molecular formula is C6H13NO3. The molecule has 0 aliphatic rings. The Kier molecular flexibility index (Phi) is 3.99. The van der Waals surface area contributed by atoms with Crippen LogP contribution in [0, 0.1) is 0 Å². The number of hydrogen-bond acceptors (Lipinski definition) is 3. The second-order valence-electron chi connectivity index (χ2n) is 2.26. The molecule has 0 fully saturated rings. The van der Waals surface area contributed by atoms with Crippen molar-refractivity contribution in [2.24, 2.45) is 0 Å². The van der Waals surface area contributed by atoms with Crippen LogP contribution in [0.3, 0.4) is 0 Å². The van der Waals surface area contributed by atoms with Crippen molar-refractivity contribution < 1.29 is 15.0 Å². The summed E-state index contributed by atoms with van der Waals surface area (Å²) in [5.74, 6) is -0.367. The number of hydrogen-bond donors (Lipinski definition) is 2. The van der Waals surface area contributed by atoms with E-state index >= 15 is 0 Å².